The first-order valence-corrected chi connectivity index (χ1v) is 9.60. The lowest BCUT2D eigenvalue weighted by Crippen LogP contribution is -2.32. The highest BCUT2D eigenvalue weighted by molar-refractivity contribution is 8.00. The van der Waals surface area contributed by atoms with Gasteiger partial charge in [0.2, 0.25) is 10.0 Å². The molecule has 0 bridgehead atoms. The lowest BCUT2D eigenvalue weighted by atomic mass is 10.2. The summed E-state index contributed by atoms with van der Waals surface area (Å²) in [4.78, 5) is -0.275. The van der Waals surface area contributed by atoms with Crippen molar-refractivity contribution in [1.82, 2.24) is 10.0 Å². The quantitative estimate of drug-likeness (QED) is 0.838. The smallest absolute Gasteiger partial charge is 0.243 e. The minimum Gasteiger partial charge on any atom is -0.316 e. The molecule has 21 heavy (non-hydrogen) atoms. The third-order valence-electron chi connectivity index (χ3n) is 3.44. The first-order valence-electron chi connectivity index (χ1n) is 7.07. The van der Waals surface area contributed by atoms with Gasteiger partial charge in [0.1, 0.15) is 10.7 Å². The first kappa shape index (κ1) is 16.7. The van der Waals surface area contributed by atoms with Crippen LogP contribution in [0.2, 0.25) is 0 Å². The normalized spacial score (nSPS) is 19.6. The number of hydrogen-bond acceptors (Lipinski definition) is 4. The van der Waals surface area contributed by atoms with Gasteiger partial charge in [-0.25, -0.2) is 17.5 Å². The fraction of sp³-hybridized carbons (Fsp3) is 0.571. The molecule has 2 rings (SSSR count). The number of halogens is 1. The third kappa shape index (κ3) is 4.67. The molecule has 0 aromatic heterocycles. The Balaban J connectivity index is 2.04. The summed E-state index contributed by atoms with van der Waals surface area (Å²) in [6.07, 6.45) is 3.33. The van der Waals surface area contributed by atoms with Gasteiger partial charge in [0, 0.05) is 18.3 Å². The van der Waals surface area contributed by atoms with Gasteiger partial charge in [0.05, 0.1) is 0 Å². The molecule has 1 aromatic carbocycles. The number of benzene rings is 1. The molecule has 1 saturated heterocycles. The van der Waals surface area contributed by atoms with Crippen LogP contribution in [-0.4, -0.2) is 33.0 Å². The molecule has 0 saturated carbocycles. The molecule has 1 unspecified atom stereocenters. The van der Waals surface area contributed by atoms with E-state index in [1.807, 2.05) is 0 Å². The number of hydrogen-bond donors (Lipinski definition) is 2. The minimum absolute atomic E-state index is 0.275. The van der Waals surface area contributed by atoms with Crippen LogP contribution in [0.3, 0.4) is 0 Å². The van der Waals surface area contributed by atoms with E-state index >= 15 is 0 Å². The van der Waals surface area contributed by atoms with Crippen LogP contribution in [0.4, 0.5) is 4.39 Å². The Labute approximate surface area is 129 Å². The van der Waals surface area contributed by atoms with Crippen molar-refractivity contribution >= 4 is 21.8 Å². The van der Waals surface area contributed by atoms with Crippen molar-refractivity contribution < 1.29 is 12.8 Å². The van der Waals surface area contributed by atoms with E-state index in [1.165, 1.54) is 18.6 Å². The molecule has 2 N–H and O–H groups in total. The molecule has 1 aliphatic heterocycles. The van der Waals surface area contributed by atoms with Crippen LogP contribution in [0.15, 0.2) is 23.1 Å². The molecule has 0 spiro atoms. The van der Waals surface area contributed by atoms with Crippen molar-refractivity contribution in [2.75, 3.05) is 19.3 Å². The Morgan fingerprint density at radius 2 is 2.19 bits per heavy atom. The molecule has 0 aliphatic carbocycles. The second kappa shape index (κ2) is 7.58. The zero-order valence-corrected chi connectivity index (χ0v) is 13.7. The summed E-state index contributed by atoms with van der Waals surface area (Å²) in [5, 5.41) is 3.19. The van der Waals surface area contributed by atoms with Gasteiger partial charge in [-0.2, -0.15) is 11.8 Å². The van der Waals surface area contributed by atoms with Crippen molar-refractivity contribution in [2.24, 2.45) is 0 Å². The Kier molecular flexibility index (Phi) is 6.04. The van der Waals surface area contributed by atoms with Gasteiger partial charge in [-0.1, -0.05) is 12.5 Å². The summed E-state index contributed by atoms with van der Waals surface area (Å²) in [6, 6.07) is 4.22. The summed E-state index contributed by atoms with van der Waals surface area (Å²) in [6.45, 7) is 0.869. The van der Waals surface area contributed by atoms with Crippen LogP contribution >= 0.6 is 11.8 Å². The summed E-state index contributed by atoms with van der Waals surface area (Å²) in [5.41, 5.74) is 0.719. The van der Waals surface area contributed by atoms with E-state index in [2.05, 4.69) is 10.0 Å². The molecule has 4 nitrogen and oxygen atoms in total. The Bertz CT molecular complexity index is 572. The standard InChI is InChI=1S/C14H21FN2O2S2/c1-16-9-11-5-6-14(13(15)8-11)21(18,19)17-10-12-4-2-3-7-20-12/h5-6,8,12,16-17H,2-4,7,9-10H2,1H3. The van der Waals surface area contributed by atoms with Gasteiger partial charge in [-0.15, -0.1) is 0 Å². The molecule has 7 heteroatoms. The molecule has 1 aliphatic rings. The number of rotatable bonds is 6. The zero-order valence-electron chi connectivity index (χ0n) is 12.1. The molecule has 1 fully saturated rings. The highest BCUT2D eigenvalue weighted by atomic mass is 32.2. The number of thioether (sulfide) groups is 1. The summed E-state index contributed by atoms with van der Waals surface area (Å²) >= 11 is 1.78. The number of nitrogens with one attached hydrogen (secondary N) is 2. The summed E-state index contributed by atoms with van der Waals surface area (Å²) in [5.74, 6) is 0.367. The van der Waals surface area contributed by atoms with Crippen molar-refractivity contribution in [3.05, 3.63) is 29.6 Å². The summed E-state index contributed by atoms with van der Waals surface area (Å²) < 4.78 is 40.9. The fourth-order valence-electron chi connectivity index (χ4n) is 2.33. The van der Waals surface area contributed by atoms with Crippen LogP contribution in [0.25, 0.3) is 0 Å². The molecule has 0 amide bonds. The van der Waals surface area contributed by atoms with Crippen molar-refractivity contribution in [3.63, 3.8) is 0 Å². The number of sulfonamides is 1. The lowest BCUT2D eigenvalue weighted by molar-refractivity contribution is 0.551. The predicted molar refractivity (Wildman–Crippen MR) is 84.4 cm³/mol. The van der Waals surface area contributed by atoms with E-state index in [1.54, 1.807) is 24.9 Å². The largest absolute Gasteiger partial charge is 0.316 e. The van der Waals surface area contributed by atoms with Crippen molar-refractivity contribution in [3.8, 4) is 0 Å². The maximum absolute atomic E-state index is 14.0. The van der Waals surface area contributed by atoms with E-state index in [-0.39, 0.29) is 4.90 Å². The maximum atomic E-state index is 14.0. The van der Waals surface area contributed by atoms with Gasteiger partial charge >= 0.3 is 0 Å². The van der Waals surface area contributed by atoms with Crippen molar-refractivity contribution in [1.29, 1.82) is 0 Å². The van der Waals surface area contributed by atoms with E-state index in [4.69, 9.17) is 0 Å². The van der Waals surface area contributed by atoms with Gasteiger partial charge in [0.15, 0.2) is 0 Å². The second-order valence-corrected chi connectivity index (χ2v) is 8.28. The fourth-order valence-corrected chi connectivity index (χ4v) is 4.81. The molecular weight excluding hydrogens is 311 g/mol. The van der Waals surface area contributed by atoms with Gasteiger partial charge in [0.25, 0.3) is 0 Å². The second-order valence-electron chi connectivity index (χ2n) is 5.14. The average molecular weight is 332 g/mol. The molecule has 1 atom stereocenters. The van der Waals surface area contributed by atoms with Gasteiger partial charge < -0.3 is 5.32 Å². The Morgan fingerprint density at radius 3 is 2.81 bits per heavy atom. The first-order chi connectivity index (χ1) is 10.0. The zero-order chi connectivity index (χ0) is 15.3. The van der Waals surface area contributed by atoms with Gasteiger partial charge in [-0.3, -0.25) is 0 Å². The minimum atomic E-state index is -3.78. The van der Waals surface area contributed by atoms with Crippen LogP contribution in [0, 0.1) is 5.82 Å². The molecular formula is C14H21FN2O2S2. The van der Waals surface area contributed by atoms with Crippen LogP contribution in [0.1, 0.15) is 24.8 Å². The Hall–Kier alpha value is -0.630. The lowest BCUT2D eigenvalue weighted by Gasteiger charge is -2.21. The highest BCUT2D eigenvalue weighted by Gasteiger charge is 2.22. The van der Waals surface area contributed by atoms with E-state index in [0.717, 1.165) is 24.2 Å². The van der Waals surface area contributed by atoms with E-state index in [0.29, 0.717) is 18.3 Å². The highest BCUT2D eigenvalue weighted by Crippen LogP contribution is 2.25. The molecule has 1 aromatic rings. The summed E-state index contributed by atoms with van der Waals surface area (Å²) in [7, 11) is -2.02. The molecule has 1 heterocycles. The van der Waals surface area contributed by atoms with Crippen LogP contribution < -0.4 is 10.0 Å². The van der Waals surface area contributed by atoms with E-state index < -0.39 is 15.8 Å². The van der Waals surface area contributed by atoms with Crippen LogP contribution in [0.5, 0.6) is 0 Å². The van der Waals surface area contributed by atoms with Crippen molar-refractivity contribution in [2.45, 2.75) is 36.0 Å². The third-order valence-corrected chi connectivity index (χ3v) is 6.30. The molecule has 0 radical (unpaired) electrons. The monoisotopic (exact) mass is 332 g/mol. The van der Waals surface area contributed by atoms with Crippen LogP contribution in [-0.2, 0) is 16.6 Å². The Morgan fingerprint density at radius 1 is 1.38 bits per heavy atom. The van der Waals surface area contributed by atoms with Gasteiger partial charge in [-0.05, 0) is 43.3 Å². The average Bonchev–Trinajstić information content (AvgIpc) is 2.46. The molecule has 118 valence electrons. The maximum Gasteiger partial charge on any atom is 0.243 e. The predicted octanol–water partition coefficient (Wildman–Crippen LogP) is 2.11. The topological polar surface area (TPSA) is 58.2 Å². The van der Waals surface area contributed by atoms with E-state index in [9.17, 15) is 12.8 Å². The SMILES string of the molecule is CNCc1ccc(S(=O)(=O)NCC2CCCCS2)c(F)c1.